The van der Waals surface area contributed by atoms with E-state index >= 15 is 0 Å². The van der Waals surface area contributed by atoms with Gasteiger partial charge >= 0.3 is 5.69 Å². The van der Waals surface area contributed by atoms with Gasteiger partial charge in [0.15, 0.2) is 5.65 Å². The lowest BCUT2D eigenvalue weighted by Gasteiger charge is -2.25. The minimum atomic E-state index is -0.491. The van der Waals surface area contributed by atoms with Gasteiger partial charge in [-0.05, 0) is 61.3 Å². The number of rotatable bonds is 3. The molecule has 0 unspecified atom stereocenters. The van der Waals surface area contributed by atoms with Crippen LogP contribution in [0.1, 0.15) is 16.7 Å². The highest BCUT2D eigenvalue weighted by Gasteiger charge is 2.15. The molecule has 0 saturated carbocycles. The molecule has 162 valence electrons. The lowest BCUT2D eigenvalue weighted by Crippen LogP contribution is -2.34. The predicted molar refractivity (Wildman–Crippen MR) is 125 cm³/mol. The summed E-state index contributed by atoms with van der Waals surface area (Å²) < 4.78 is 1.22. The predicted octanol–water partition coefficient (Wildman–Crippen LogP) is 3.28. The number of aromatic nitrogens is 4. The van der Waals surface area contributed by atoms with Crippen LogP contribution in [0.15, 0.2) is 47.4 Å². The van der Waals surface area contributed by atoms with E-state index in [0.717, 1.165) is 30.8 Å². The Bertz CT molecular complexity index is 1470. The van der Waals surface area contributed by atoms with Crippen LogP contribution in [0.5, 0.6) is 0 Å². The fourth-order valence-corrected chi connectivity index (χ4v) is 4.34. The lowest BCUT2D eigenvalue weighted by atomic mass is 9.99. The molecule has 1 aliphatic heterocycles. The molecule has 0 fully saturated rings. The molecular weight excluding hydrogens is 426 g/mol. The molecule has 0 atom stereocenters. The van der Waals surface area contributed by atoms with Crippen molar-refractivity contribution in [3.05, 3.63) is 80.3 Å². The zero-order valence-corrected chi connectivity index (χ0v) is 18.5. The van der Waals surface area contributed by atoms with Gasteiger partial charge in [0, 0.05) is 25.0 Å². The van der Waals surface area contributed by atoms with E-state index in [1.807, 2.05) is 19.1 Å². The van der Waals surface area contributed by atoms with Crippen molar-refractivity contribution >= 4 is 34.3 Å². The average molecular weight is 448 g/mol. The van der Waals surface area contributed by atoms with Gasteiger partial charge in [-0.15, -0.1) is 0 Å². The van der Waals surface area contributed by atoms with Crippen molar-refractivity contribution in [3.63, 3.8) is 0 Å². The number of nitrogens with zero attached hydrogens (tertiary/aromatic N) is 4. The van der Waals surface area contributed by atoms with Crippen molar-refractivity contribution in [2.24, 2.45) is 0 Å². The van der Waals surface area contributed by atoms with Crippen molar-refractivity contribution in [1.29, 1.82) is 5.41 Å². The number of anilines is 2. The first-order valence-corrected chi connectivity index (χ1v) is 10.7. The van der Waals surface area contributed by atoms with E-state index in [1.54, 1.807) is 12.1 Å². The normalized spacial score (nSPS) is 13.8. The molecule has 3 N–H and O–H groups in total. The van der Waals surface area contributed by atoms with Crippen molar-refractivity contribution < 1.29 is 0 Å². The van der Waals surface area contributed by atoms with E-state index in [4.69, 9.17) is 17.0 Å². The Morgan fingerprint density at radius 1 is 1.19 bits per heavy atom. The molecule has 4 aromatic rings. The highest BCUT2D eigenvalue weighted by molar-refractivity contribution is 6.32. The number of hydrogen-bond acceptors (Lipinski definition) is 6. The van der Waals surface area contributed by atoms with Crippen molar-refractivity contribution in [1.82, 2.24) is 24.4 Å². The second-order valence-electron chi connectivity index (χ2n) is 8.12. The fraction of sp³-hybridized carbons (Fsp3) is 0.217. The molecule has 0 radical (unpaired) electrons. The smallest absolute Gasteiger partial charge is 0.324 e. The first-order valence-electron chi connectivity index (χ1n) is 10.3. The summed E-state index contributed by atoms with van der Waals surface area (Å²) in [4.78, 5) is 26.6. The quantitative estimate of drug-likeness (QED) is 0.447. The number of halogens is 1. The number of likely N-dealkylation sites (N-methyl/N-ethyl adjacent to an activating group) is 1. The molecule has 0 aliphatic carbocycles. The number of hydrogen-bond donors (Lipinski definition) is 3. The van der Waals surface area contributed by atoms with Crippen LogP contribution in [0.25, 0.3) is 16.7 Å². The molecule has 0 amide bonds. The van der Waals surface area contributed by atoms with E-state index in [0.29, 0.717) is 22.0 Å². The first-order chi connectivity index (χ1) is 15.4. The van der Waals surface area contributed by atoms with Gasteiger partial charge in [-0.25, -0.2) is 14.3 Å². The molecule has 1 aliphatic rings. The number of aryl methyl sites for hydroxylation is 1. The van der Waals surface area contributed by atoms with Gasteiger partial charge in [-0.3, -0.25) is 10.4 Å². The van der Waals surface area contributed by atoms with Gasteiger partial charge in [0.25, 0.3) is 0 Å². The molecule has 0 spiro atoms. The third-order valence-corrected chi connectivity index (χ3v) is 6.01. The van der Waals surface area contributed by atoms with Crippen LogP contribution in [0.4, 0.5) is 11.6 Å². The Balaban J connectivity index is 1.52. The summed E-state index contributed by atoms with van der Waals surface area (Å²) in [7, 11) is 2.11. The summed E-state index contributed by atoms with van der Waals surface area (Å²) in [6.07, 6.45) is 2.57. The lowest BCUT2D eigenvalue weighted by molar-refractivity contribution is 0.313. The molecule has 3 heterocycles. The van der Waals surface area contributed by atoms with Gasteiger partial charge in [0.1, 0.15) is 5.49 Å². The van der Waals surface area contributed by atoms with Crippen LogP contribution in [0.2, 0.25) is 5.02 Å². The Kier molecular flexibility index (Phi) is 5.03. The molecule has 0 saturated heterocycles. The zero-order chi connectivity index (χ0) is 22.4. The van der Waals surface area contributed by atoms with Crippen LogP contribution in [0.3, 0.4) is 0 Å². The first kappa shape index (κ1) is 20.4. The minimum Gasteiger partial charge on any atom is -0.324 e. The maximum absolute atomic E-state index is 12.8. The number of benzene rings is 2. The van der Waals surface area contributed by atoms with E-state index in [9.17, 15) is 4.79 Å². The van der Waals surface area contributed by atoms with E-state index in [-0.39, 0.29) is 11.1 Å². The molecule has 32 heavy (non-hydrogen) atoms. The third-order valence-electron chi connectivity index (χ3n) is 5.71. The molecule has 2 aromatic carbocycles. The molecule has 0 bridgehead atoms. The standard InChI is InChI=1S/C23H22ClN7O/c1-13-3-6-19(18(24)9-13)31-20(25)17-11-26-22(28-21(17)29-23(31)32)27-16-5-4-14-7-8-30(2)12-15(14)10-16/h3-6,9-11,25H,7-8,12H2,1-2H3,(H2,26,27,28,29,32). The number of fused-ring (bicyclic) bond motifs is 2. The van der Waals surface area contributed by atoms with Crippen LogP contribution in [0, 0.1) is 12.3 Å². The maximum atomic E-state index is 12.8. The third kappa shape index (κ3) is 3.68. The van der Waals surface area contributed by atoms with Crippen LogP contribution >= 0.6 is 11.6 Å². The van der Waals surface area contributed by atoms with E-state index in [2.05, 4.69) is 44.3 Å². The molecule has 2 aromatic heterocycles. The summed E-state index contributed by atoms with van der Waals surface area (Å²) in [5.74, 6) is 0.350. The van der Waals surface area contributed by atoms with Gasteiger partial charge in [-0.1, -0.05) is 23.7 Å². The largest absolute Gasteiger partial charge is 0.333 e. The summed E-state index contributed by atoms with van der Waals surface area (Å²) >= 11 is 6.33. The summed E-state index contributed by atoms with van der Waals surface area (Å²) in [6, 6.07) is 11.6. The van der Waals surface area contributed by atoms with Crippen LogP contribution < -0.4 is 16.5 Å². The topological polar surface area (TPSA) is 103 Å². The summed E-state index contributed by atoms with van der Waals surface area (Å²) in [5.41, 5.74) is 4.69. The summed E-state index contributed by atoms with van der Waals surface area (Å²) in [6.45, 7) is 3.88. The van der Waals surface area contributed by atoms with Gasteiger partial charge in [0.2, 0.25) is 5.95 Å². The molecular formula is C23H22ClN7O. The highest BCUT2D eigenvalue weighted by Crippen LogP contribution is 2.24. The monoisotopic (exact) mass is 447 g/mol. The number of aromatic amines is 1. The Morgan fingerprint density at radius 3 is 2.84 bits per heavy atom. The minimum absolute atomic E-state index is 0.0297. The van der Waals surface area contributed by atoms with Gasteiger partial charge in [0.05, 0.1) is 16.1 Å². The number of H-pyrrole nitrogens is 1. The van der Waals surface area contributed by atoms with Crippen molar-refractivity contribution in [2.75, 3.05) is 18.9 Å². The Hall–Kier alpha value is -3.49. The molecule has 8 nitrogen and oxygen atoms in total. The van der Waals surface area contributed by atoms with Gasteiger partial charge in [-0.2, -0.15) is 4.98 Å². The highest BCUT2D eigenvalue weighted by atomic mass is 35.5. The second kappa shape index (κ2) is 7.89. The average Bonchev–Trinajstić information content (AvgIpc) is 2.74. The summed E-state index contributed by atoms with van der Waals surface area (Å²) in [5, 5.41) is 12.6. The SMILES string of the molecule is Cc1ccc(-n2c(=O)[nH]c3nc(Nc4ccc5c(c4)CN(C)CC5)ncc3c2=N)c(Cl)c1. The van der Waals surface area contributed by atoms with Gasteiger partial charge < -0.3 is 10.2 Å². The Labute approximate surface area is 189 Å². The zero-order valence-electron chi connectivity index (χ0n) is 17.7. The van der Waals surface area contributed by atoms with E-state index in [1.165, 1.54) is 21.9 Å². The van der Waals surface area contributed by atoms with Crippen molar-refractivity contribution in [3.8, 4) is 5.69 Å². The fourth-order valence-electron chi connectivity index (χ4n) is 4.02. The Morgan fingerprint density at radius 2 is 2.03 bits per heavy atom. The van der Waals surface area contributed by atoms with E-state index < -0.39 is 5.69 Å². The second-order valence-corrected chi connectivity index (χ2v) is 8.53. The number of nitrogens with one attached hydrogen (secondary N) is 3. The maximum Gasteiger partial charge on any atom is 0.333 e. The van der Waals surface area contributed by atoms with Crippen molar-refractivity contribution in [2.45, 2.75) is 19.9 Å². The molecule has 9 heteroatoms. The molecule has 5 rings (SSSR count). The van der Waals surface area contributed by atoms with Crippen LogP contribution in [-0.2, 0) is 13.0 Å². The van der Waals surface area contributed by atoms with Crippen LogP contribution in [-0.4, -0.2) is 38.0 Å².